The average Bonchev–Trinajstić information content (AvgIpc) is 3.35. The molecule has 9 nitrogen and oxygen atoms in total. The number of hydrogen-bond acceptors (Lipinski definition) is 7. The second-order valence-electron chi connectivity index (χ2n) is 9.06. The smallest absolute Gasteiger partial charge is 0.312 e. The van der Waals surface area contributed by atoms with Crippen molar-refractivity contribution in [3.8, 4) is 23.3 Å². The van der Waals surface area contributed by atoms with Crippen molar-refractivity contribution in [2.24, 2.45) is 11.3 Å². The number of fused-ring (bicyclic) bond motifs is 1. The van der Waals surface area contributed by atoms with E-state index in [1.54, 1.807) is 37.7 Å². The van der Waals surface area contributed by atoms with Crippen LogP contribution in [0, 0.1) is 34.0 Å². The van der Waals surface area contributed by atoms with Crippen molar-refractivity contribution < 1.29 is 9.53 Å². The van der Waals surface area contributed by atoms with E-state index < -0.39 is 11.0 Å². The molecule has 0 N–H and O–H groups in total. The lowest BCUT2D eigenvalue weighted by Gasteiger charge is -2.43. The summed E-state index contributed by atoms with van der Waals surface area (Å²) in [6.07, 6.45) is 8.68. The fraction of sp³-hybridized carbons (Fsp3) is 0.455. The van der Waals surface area contributed by atoms with Gasteiger partial charge in [-0.05, 0) is 39.7 Å². The number of esters is 1. The molecule has 0 bridgehead atoms. The molecule has 1 fully saturated rings. The highest BCUT2D eigenvalue weighted by Crippen LogP contribution is 2.46. The van der Waals surface area contributed by atoms with Gasteiger partial charge in [-0.2, -0.15) is 20.7 Å². The standard InChI is InChI=1S/C22H23N7O2/c1-21(2,3)20(30)31-14-28-7-4-17-18(12-25-27-19(17)28)16-11-26-29(13-16)22(5-6-23)8-15(9-22)10-24/h4,7,11-13,15H,5,8-9,14H2,1-3H3. The third-order valence-electron chi connectivity index (χ3n) is 5.73. The largest absolute Gasteiger partial charge is 0.443 e. The topological polar surface area (TPSA) is 122 Å². The van der Waals surface area contributed by atoms with Crippen molar-refractivity contribution in [2.45, 2.75) is 52.3 Å². The Morgan fingerprint density at radius 3 is 2.77 bits per heavy atom. The maximum absolute atomic E-state index is 12.1. The Hall–Kier alpha value is -3.72. The van der Waals surface area contributed by atoms with E-state index in [9.17, 15) is 10.1 Å². The highest BCUT2D eigenvalue weighted by Gasteiger charge is 2.46. The van der Waals surface area contributed by atoms with E-state index in [-0.39, 0.29) is 18.6 Å². The van der Waals surface area contributed by atoms with E-state index in [2.05, 4.69) is 27.4 Å². The third kappa shape index (κ3) is 3.64. The Labute approximate surface area is 179 Å². The van der Waals surface area contributed by atoms with Gasteiger partial charge in [0.15, 0.2) is 12.4 Å². The summed E-state index contributed by atoms with van der Waals surface area (Å²) < 4.78 is 8.96. The molecule has 3 aromatic rings. The fourth-order valence-corrected chi connectivity index (χ4v) is 3.91. The van der Waals surface area contributed by atoms with Crippen LogP contribution in [-0.2, 0) is 21.8 Å². The Balaban J connectivity index is 1.62. The van der Waals surface area contributed by atoms with Crippen molar-refractivity contribution in [3.05, 3.63) is 30.9 Å². The van der Waals surface area contributed by atoms with Crippen LogP contribution in [0.15, 0.2) is 30.9 Å². The third-order valence-corrected chi connectivity index (χ3v) is 5.73. The lowest BCUT2D eigenvalue weighted by atomic mass is 9.67. The molecule has 0 aliphatic heterocycles. The number of ether oxygens (including phenoxy) is 1. The molecule has 9 heteroatoms. The molecule has 3 aromatic heterocycles. The Kier molecular flexibility index (Phi) is 4.98. The summed E-state index contributed by atoms with van der Waals surface area (Å²) in [6.45, 7) is 5.47. The molecule has 4 rings (SSSR count). The maximum atomic E-state index is 12.1. The van der Waals surface area contributed by atoms with Crippen molar-refractivity contribution in [2.75, 3.05) is 0 Å². The lowest BCUT2D eigenvalue weighted by molar-refractivity contribution is -0.156. The first kappa shape index (κ1) is 20.5. The zero-order chi connectivity index (χ0) is 22.2. The molecule has 0 unspecified atom stereocenters. The minimum absolute atomic E-state index is 0.0415. The van der Waals surface area contributed by atoms with Crippen LogP contribution in [0.25, 0.3) is 22.2 Å². The average molecular weight is 417 g/mol. The van der Waals surface area contributed by atoms with Crippen molar-refractivity contribution in [3.63, 3.8) is 0 Å². The summed E-state index contributed by atoms with van der Waals surface area (Å²) in [6, 6.07) is 6.41. The van der Waals surface area contributed by atoms with E-state index in [1.807, 2.05) is 23.1 Å². The summed E-state index contributed by atoms with van der Waals surface area (Å²) in [7, 11) is 0. The number of nitriles is 2. The van der Waals surface area contributed by atoms with Crippen LogP contribution in [0.4, 0.5) is 0 Å². The van der Waals surface area contributed by atoms with E-state index in [1.165, 1.54) is 0 Å². The van der Waals surface area contributed by atoms with Crippen LogP contribution < -0.4 is 0 Å². The van der Waals surface area contributed by atoms with Crippen molar-refractivity contribution in [1.29, 1.82) is 10.5 Å². The zero-order valence-electron chi connectivity index (χ0n) is 17.7. The van der Waals surface area contributed by atoms with E-state index in [0.29, 0.717) is 24.9 Å². The number of rotatable bonds is 5. The molecule has 1 aliphatic rings. The second-order valence-corrected chi connectivity index (χ2v) is 9.06. The first-order valence-corrected chi connectivity index (χ1v) is 10.1. The molecule has 0 amide bonds. The summed E-state index contributed by atoms with van der Waals surface area (Å²) in [5, 5.41) is 32.1. The minimum Gasteiger partial charge on any atom is -0.443 e. The molecule has 3 heterocycles. The first-order chi connectivity index (χ1) is 14.8. The molecule has 158 valence electrons. The van der Waals surface area contributed by atoms with Gasteiger partial charge in [0.25, 0.3) is 0 Å². The summed E-state index contributed by atoms with van der Waals surface area (Å²) >= 11 is 0. The molecule has 0 aromatic carbocycles. The number of carbonyl (C=O) groups excluding carboxylic acids is 1. The van der Waals surface area contributed by atoms with Gasteiger partial charge >= 0.3 is 5.97 Å². The monoisotopic (exact) mass is 417 g/mol. The van der Waals surface area contributed by atoms with E-state index >= 15 is 0 Å². The molecule has 0 saturated heterocycles. The SMILES string of the molecule is CC(C)(C)C(=O)OCn1ccc2c(-c3cnn(C4(CC#N)CC(C#N)C4)c3)cnnc21. The van der Waals surface area contributed by atoms with Gasteiger partial charge in [-0.25, -0.2) is 0 Å². The predicted octanol–water partition coefficient (Wildman–Crippen LogP) is 3.38. The highest BCUT2D eigenvalue weighted by atomic mass is 16.5. The molecule has 0 spiro atoms. The van der Waals surface area contributed by atoms with Crippen LogP contribution in [0.1, 0.15) is 40.0 Å². The van der Waals surface area contributed by atoms with Gasteiger partial charge in [-0.3, -0.25) is 14.0 Å². The van der Waals surface area contributed by atoms with E-state index in [4.69, 9.17) is 10.00 Å². The molecule has 31 heavy (non-hydrogen) atoms. The Morgan fingerprint density at radius 1 is 1.32 bits per heavy atom. The van der Waals surface area contributed by atoms with Gasteiger partial charge in [-0.15, -0.1) is 5.10 Å². The number of aromatic nitrogens is 5. The van der Waals surface area contributed by atoms with Gasteiger partial charge in [0.2, 0.25) is 0 Å². The Bertz CT molecular complexity index is 1210. The summed E-state index contributed by atoms with van der Waals surface area (Å²) in [5.41, 5.74) is 1.29. The van der Waals surface area contributed by atoms with Crippen LogP contribution in [-0.4, -0.2) is 30.5 Å². The van der Waals surface area contributed by atoms with Gasteiger partial charge in [0, 0.05) is 28.9 Å². The number of carbonyl (C=O) groups is 1. The molecule has 0 atom stereocenters. The lowest BCUT2D eigenvalue weighted by Crippen LogP contribution is -2.46. The van der Waals surface area contributed by atoms with Gasteiger partial charge in [-0.1, -0.05) is 0 Å². The maximum Gasteiger partial charge on any atom is 0.312 e. The van der Waals surface area contributed by atoms with Crippen LogP contribution in [0.2, 0.25) is 0 Å². The van der Waals surface area contributed by atoms with Gasteiger partial charge in [0.1, 0.15) is 0 Å². The fourth-order valence-electron chi connectivity index (χ4n) is 3.91. The van der Waals surface area contributed by atoms with Crippen molar-refractivity contribution >= 4 is 17.0 Å². The number of hydrogen-bond donors (Lipinski definition) is 0. The summed E-state index contributed by atoms with van der Waals surface area (Å²) in [4.78, 5) is 12.1. The first-order valence-electron chi connectivity index (χ1n) is 10.1. The summed E-state index contributed by atoms with van der Waals surface area (Å²) in [5.74, 6) is -0.334. The van der Waals surface area contributed by atoms with Crippen molar-refractivity contribution in [1.82, 2.24) is 24.5 Å². The highest BCUT2D eigenvalue weighted by molar-refractivity contribution is 5.92. The quantitative estimate of drug-likeness (QED) is 0.583. The van der Waals surface area contributed by atoms with Crippen LogP contribution in [0.5, 0.6) is 0 Å². The zero-order valence-corrected chi connectivity index (χ0v) is 17.7. The van der Waals surface area contributed by atoms with Gasteiger partial charge in [0.05, 0.1) is 47.8 Å². The molecule has 1 aliphatic carbocycles. The molecular formula is C22H23N7O2. The molecule has 1 saturated carbocycles. The van der Waals surface area contributed by atoms with Gasteiger partial charge < -0.3 is 4.74 Å². The van der Waals surface area contributed by atoms with Crippen LogP contribution in [0.3, 0.4) is 0 Å². The van der Waals surface area contributed by atoms with Crippen LogP contribution >= 0.6 is 0 Å². The normalized spacial score (nSPS) is 20.6. The predicted molar refractivity (Wildman–Crippen MR) is 111 cm³/mol. The van der Waals surface area contributed by atoms with E-state index in [0.717, 1.165) is 16.5 Å². The Morgan fingerprint density at radius 2 is 2.10 bits per heavy atom. The molecule has 0 radical (unpaired) electrons. The number of nitrogens with zero attached hydrogens (tertiary/aromatic N) is 7. The minimum atomic E-state index is -0.583. The second kappa shape index (κ2) is 7.51. The molecular weight excluding hydrogens is 394 g/mol.